The molecule has 0 aliphatic heterocycles. The lowest BCUT2D eigenvalue weighted by atomic mass is 10.1. The number of amides is 1. The van der Waals surface area contributed by atoms with Crippen molar-refractivity contribution in [2.45, 2.75) is 6.42 Å². The van der Waals surface area contributed by atoms with Crippen LogP contribution < -0.4 is 15.8 Å². The number of nitrogens with two attached hydrogens (primary N) is 1. The monoisotopic (exact) mass is 348 g/mol. The molecule has 0 fully saturated rings. The predicted octanol–water partition coefficient (Wildman–Crippen LogP) is 2.97. The summed E-state index contributed by atoms with van der Waals surface area (Å²) < 4.78 is 6.46. The molecule has 0 aliphatic carbocycles. The zero-order valence-corrected chi connectivity index (χ0v) is 13.1. The number of benzene rings is 2. The summed E-state index contributed by atoms with van der Waals surface area (Å²) in [5.41, 5.74) is 7.32. The lowest BCUT2D eigenvalue weighted by Crippen LogP contribution is -2.20. The Balaban J connectivity index is 1.98. The van der Waals surface area contributed by atoms with Crippen LogP contribution in [-0.2, 0) is 11.2 Å². The minimum atomic E-state index is -0.198. The number of carbonyl (C=O) groups is 1. The van der Waals surface area contributed by atoms with E-state index in [1.807, 2.05) is 48.5 Å². The molecule has 0 aliphatic rings. The Morgan fingerprint density at radius 1 is 1.14 bits per heavy atom. The van der Waals surface area contributed by atoms with Gasteiger partial charge in [0.05, 0.1) is 4.47 Å². The van der Waals surface area contributed by atoms with Gasteiger partial charge in [0, 0.05) is 5.69 Å². The fraction of sp³-hybridized carbons (Fsp3) is 0.188. The van der Waals surface area contributed by atoms with Crippen molar-refractivity contribution in [2.24, 2.45) is 5.73 Å². The highest BCUT2D eigenvalue weighted by atomic mass is 79.9. The third kappa shape index (κ3) is 4.58. The molecule has 0 radical (unpaired) electrons. The van der Waals surface area contributed by atoms with Crippen LogP contribution in [0.4, 0.5) is 5.69 Å². The Bertz CT molecular complexity index is 602. The van der Waals surface area contributed by atoms with Gasteiger partial charge < -0.3 is 15.8 Å². The average Bonchev–Trinajstić information content (AvgIpc) is 2.48. The number of anilines is 1. The van der Waals surface area contributed by atoms with Crippen LogP contribution in [0.3, 0.4) is 0 Å². The van der Waals surface area contributed by atoms with E-state index in [1.165, 1.54) is 0 Å². The maximum atomic E-state index is 11.9. The molecule has 2 aromatic rings. The maximum Gasteiger partial charge on any atom is 0.262 e. The van der Waals surface area contributed by atoms with E-state index in [0.717, 1.165) is 15.7 Å². The number of ether oxygens (including phenoxy) is 1. The van der Waals surface area contributed by atoms with Crippen LogP contribution in [0.15, 0.2) is 53.0 Å². The van der Waals surface area contributed by atoms with Gasteiger partial charge in [-0.15, -0.1) is 0 Å². The van der Waals surface area contributed by atoms with Gasteiger partial charge in [-0.1, -0.05) is 30.3 Å². The Kier molecular flexibility index (Phi) is 5.78. The first-order valence-corrected chi connectivity index (χ1v) is 7.45. The topological polar surface area (TPSA) is 64.3 Å². The molecule has 0 atom stereocenters. The van der Waals surface area contributed by atoms with E-state index in [0.29, 0.717) is 18.7 Å². The number of carbonyl (C=O) groups excluding carboxylic acids is 1. The molecule has 0 heterocycles. The van der Waals surface area contributed by atoms with Gasteiger partial charge in [0.1, 0.15) is 5.75 Å². The third-order valence-electron chi connectivity index (χ3n) is 2.87. The van der Waals surface area contributed by atoms with E-state index in [4.69, 9.17) is 10.5 Å². The first-order chi connectivity index (χ1) is 10.2. The number of rotatable bonds is 6. The van der Waals surface area contributed by atoms with Crippen LogP contribution in [0.1, 0.15) is 5.56 Å². The lowest BCUT2D eigenvalue weighted by molar-refractivity contribution is -0.118. The molecular formula is C16H17BrN2O2. The van der Waals surface area contributed by atoms with Crippen LogP contribution in [0.2, 0.25) is 0 Å². The largest absolute Gasteiger partial charge is 0.482 e. The summed E-state index contributed by atoms with van der Waals surface area (Å²) in [5.74, 6) is 0.474. The molecule has 5 heteroatoms. The minimum Gasteiger partial charge on any atom is -0.482 e. The summed E-state index contributed by atoms with van der Waals surface area (Å²) in [6, 6.07) is 15.0. The summed E-state index contributed by atoms with van der Waals surface area (Å²) in [6.07, 6.45) is 0.703. The van der Waals surface area contributed by atoms with Crippen LogP contribution >= 0.6 is 15.9 Å². The Hall–Kier alpha value is -1.85. The second kappa shape index (κ2) is 7.81. The molecule has 21 heavy (non-hydrogen) atoms. The molecule has 0 aromatic heterocycles. The zero-order valence-electron chi connectivity index (χ0n) is 11.5. The summed E-state index contributed by atoms with van der Waals surface area (Å²) >= 11 is 3.44. The minimum absolute atomic E-state index is 0.0465. The molecule has 2 aromatic carbocycles. The standard InChI is InChI=1S/C16H17BrN2O2/c17-14-8-4-5-12(9-10-18)16(14)21-11-15(20)19-13-6-2-1-3-7-13/h1-8H,9-11,18H2,(H,19,20). The van der Waals surface area contributed by atoms with E-state index < -0.39 is 0 Å². The van der Waals surface area contributed by atoms with Gasteiger partial charge in [-0.3, -0.25) is 4.79 Å². The van der Waals surface area contributed by atoms with Crippen molar-refractivity contribution in [3.63, 3.8) is 0 Å². The van der Waals surface area contributed by atoms with Gasteiger partial charge >= 0.3 is 0 Å². The number of para-hydroxylation sites is 2. The highest BCUT2D eigenvalue weighted by Gasteiger charge is 2.10. The Morgan fingerprint density at radius 3 is 2.62 bits per heavy atom. The van der Waals surface area contributed by atoms with Crippen LogP contribution in [0, 0.1) is 0 Å². The number of nitrogens with one attached hydrogen (secondary N) is 1. The maximum absolute atomic E-state index is 11.9. The first-order valence-electron chi connectivity index (χ1n) is 6.66. The highest BCUT2D eigenvalue weighted by Crippen LogP contribution is 2.29. The van der Waals surface area contributed by atoms with E-state index in [2.05, 4.69) is 21.2 Å². The lowest BCUT2D eigenvalue weighted by Gasteiger charge is -2.13. The van der Waals surface area contributed by atoms with Crippen molar-refractivity contribution in [3.05, 3.63) is 58.6 Å². The summed E-state index contributed by atoms with van der Waals surface area (Å²) in [4.78, 5) is 11.9. The molecule has 0 spiro atoms. The van der Waals surface area contributed by atoms with Gasteiger partial charge in [-0.25, -0.2) is 0 Å². The third-order valence-corrected chi connectivity index (χ3v) is 3.49. The summed E-state index contributed by atoms with van der Waals surface area (Å²) in [7, 11) is 0. The molecule has 0 unspecified atom stereocenters. The summed E-state index contributed by atoms with van der Waals surface area (Å²) in [6.45, 7) is 0.484. The number of hydrogen-bond donors (Lipinski definition) is 2. The van der Waals surface area contributed by atoms with Crippen molar-refractivity contribution in [2.75, 3.05) is 18.5 Å². The van der Waals surface area contributed by atoms with Crippen LogP contribution in [-0.4, -0.2) is 19.1 Å². The average molecular weight is 349 g/mol. The molecule has 0 saturated carbocycles. The Morgan fingerprint density at radius 2 is 1.90 bits per heavy atom. The van der Waals surface area contributed by atoms with E-state index in [-0.39, 0.29) is 12.5 Å². The second-order valence-electron chi connectivity index (χ2n) is 4.47. The molecule has 3 N–H and O–H groups in total. The van der Waals surface area contributed by atoms with Crippen LogP contribution in [0.5, 0.6) is 5.75 Å². The van der Waals surface area contributed by atoms with Gasteiger partial charge in [-0.2, -0.15) is 0 Å². The first kappa shape index (κ1) is 15.5. The van der Waals surface area contributed by atoms with Gasteiger partial charge in [0.25, 0.3) is 5.91 Å². The highest BCUT2D eigenvalue weighted by molar-refractivity contribution is 9.10. The molecule has 0 bridgehead atoms. The molecule has 110 valence electrons. The quantitative estimate of drug-likeness (QED) is 0.843. The van der Waals surface area contributed by atoms with Crippen molar-refractivity contribution in [1.29, 1.82) is 0 Å². The van der Waals surface area contributed by atoms with Crippen molar-refractivity contribution in [1.82, 2.24) is 0 Å². The molecule has 0 saturated heterocycles. The smallest absolute Gasteiger partial charge is 0.262 e. The van der Waals surface area contributed by atoms with E-state index >= 15 is 0 Å². The predicted molar refractivity (Wildman–Crippen MR) is 87.5 cm³/mol. The van der Waals surface area contributed by atoms with E-state index in [9.17, 15) is 4.79 Å². The molecular weight excluding hydrogens is 332 g/mol. The van der Waals surface area contributed by atoms with E-state index in [1.54, 1.807) is 0 Å². The summed E-state index contributed by atoms with van der Waals surface area (Å²) in [5, 5.41) is 2.78. The van der Waals surface area contributed by atoms with Gasteiger partial charge in [0.15, 0.2) is 6.61 Å². The molecule has 1 amide bonds. The zero-order chi connectivity index (χ0) is 15.1. The van der Waals surface area contributed by atoms with Gasteiger partial charge in [-0.05, 0) is 52.7 Å². The number of hydrogen-bond acceptors (Lipinski definition) is 3. The molecule has 2 rings (SSSR count). The fourth-order valence-corrected chi connectivity index (χ4v) is 2.45. The van der Waals surface area contributed by atoms with Crippen molar-refractivity contribution < 1.29 is 9.53 Å². The molecule has 4 nitrogen and oxygen atoms in total. The Labute approximate surface area is 132 Å². The van der Waals surface area contributed by atoms with Crippen molar-refractivity contribution in [3.8, 4) is 5.75 Å². The normalized spacial score (nSPS) is 10.2. The van der Waals surface area contributed by atoms with Crippen molar-refractivity contribution >= 4 is 27.5 Å². The number of halogens is 1. The van der Waals surface area contributed by atoms with Gasteiger partial charge in [0.2, 0.25) is 0 Å². The SMILES string of the molecule is NCCc1cccc(Br)c1OCC(=O)Nc1ccccc1. The second-order valence-corrected chi connectivity index (χ2v) is 5.32. The fourth-order valence-electron chi connectivity index (χ4n) is 1.92. The van der Waals surface area contributed by atoms with Crippen LogP contribution in [0.25, 0.3) is 0 Å².